The molecule has 132 valence electrons. The molecule has 3 aromatic rings. The Bertz CT molecular complexity index is 962. The molecule has 1 atom stereocenters. The molecule has 0 saturated heterocycles. The second kappa shape index (κ2) is 7.35. The summed E-state index contributed by atoms with van der Waals surface area (Å²) in [6.45, 7) is 3.88. The third-order valence-corrected chi connectivity index (χ3v) is 4.49. The summed E-state index contributed by atoms with van der Waals surface area (Å²) in [5, 5.41) is 13.1. The average molecular weight is 348 g/mol. The van der Waals surface area contributed by atoms with Crippen molar-refractivity contribution in [1.29, 1.82) is 0 Å². The number of carboxylic acids is 1. The van der Waals surface area contributed by atoms with Crippen LogP contribution in [0.4, 0.5) is 0 Å². The summed E-state index contributed by atoms with van der Waals surface area (Å²) in [6.07, 6.45) is 0.229. The fourth-order valence-corrected chi connectivity index (χ4v) is 3.00. The first-order chi connectivity index (χ1) is 12.5. The summed E-state index contributed by atoms with van der Waals surface area (Å²) in [4.78, 5) is 28.5. The molecule has 0 fully saturated rings. The molecule has 26 heavy (non-hydrogen) atoms. The summed E-state index contributed by atoms with van der Waals surface area (Å²) in [5.74, 6) is -1.56. The molecule has 1 heterocycles. The Kier molecular flexibility index (Phi) is 4.98. The number of aromatic nitrogens is 1. The van der Waals surface area contributed by atoms with Crippen molar-refractivity contribution in [3.63, 3.8) is 0 Å². The molecule has 0 spiro atoms. The molecule has 2 aromatic carbocycles. The number of benzene rings is 2. The molecule has 0 aliphatic rings. The number of rotatable bonds is 5. The summed E-state index contributed by atoms with van der Waals surface area (Å²) in [5.41, 5.74) is 3.86. The summed E-state index contributed by atoms with van der Waals surface area (Å²) < 4.78 is 0. The number of nitrogens with one attached hydrogen (secondary N) is 1. The number of hydrogen-bond acceptors (Lipinski definition) is 3. The van der Waals surface area contributed by atoms with Crippen LogP contribution in [0.2, 0.25) is 0 Å². The van der Waals surface area contributed by atoms with Gasteiger partial charge in [-0.2, -0.15) is 0 Å². The summed E-state index contributed by atoms with van der Waals surface area (Å²) in [7, 11) is 0. The van der Waals surface area contributed by atoms with Gasteiger partial charge in [0.05, 0.1) is 5.52 Å². The van der Waals surface area contributed by atoms with Gasteiger partial charge in [0.15, 0.2) is 0 Å². The third kappa shape index (κ3) is 3.72. The van der Waals surface area contributed by atoms with E-state index in [4.69, 9.17) is 0 Å². The van der Waals surface area contributed by atoms with Crippen LogP contribution in [0.15, 0.2) is 54.6 Å². The fourth-order valence-electron chi connectivity index (χ4n) is 3.00. The van der Waals surface area contributed by atoms with Crippen LogP contribution in [-0.4, -0.2) is 28.0 Å². The number of hydrogen-bond donors (Lipinski definition) is 2. The molecule has 0 aliphatic heterocycles. The maximum absolute atomic E-state index is 12.5. The minimum atomic E-state index is -1.07. The largest absolute Gasteiger partial charge is 0.480 e. The van der Waals surface area contributed by atoms with Crippen molar-refractivity contribution in [2.75, 3.05) is 0 Å². The lowest BCUT2D eigenvalue weighted by Gasteiger charge is -2.17. The van der Waals surface area contributed by atoms with Crippen LogP contribution >= 0.6 is 0 Å². The predicted octanol–water partition coefficient (Wildman–Crippen LogP) is 3.28. The van der Waals surface area contributed by atoms with Gasteiger partial charge in [0.1, 0.15) is 11.7 Å². The lowest BCUT2D eigenvalue weighted by atomic mass is 9.96. The molecule has 5 heteroatoms. The van der Waals surface area contributed by atoms with Crippen molar-refractivity contribution >= 4 is 22.8 Å². The minimum Gasteiger partial charge on any atom is -0.480 e. The van der Waals surface area contributed by atoms with Crippen molar-refractivity contribution in [3.8, 4) is 0 Å². The Labute approximate surface area is 151 Å². The highest BCUT2D eigenvalue weighted by molar-refractivity contribution is 5.97. The molecule has 1 amide bonds. The number of fused-ring (bicyclic) bond motifs is 1. The minimum absolute atomic E-state index is 0.205. The van der Waals surface area contributed by atoms with E-state index in [0.717, 1.165) is 22.1 Å². The molecular formula is C21H20N2O3. The smallest absolute Gasteiger partial charge is 0.326 e. The number of nitrogens with zero attached hydrogens (tertiary/aromatic N) is 1. The van der Waals surface area contributed by atoms with E-state index in [1.54, 1.807) is 12.1 Å². The van der Waals surface area contributed by atoms with E-state index in [-0.39, 0.29) is 12.1 Å². The highest BCUT2D eigenvalue weighted by Crippen LogP contribution is 2.16. The molecule has 0 radical (unpaired) electrons. The van der Waals surface area contributed by atoms with Crippen molar-refractivity contribution in [2.45, 2.75) is 26.3 Å². The highest BCUT2D eigenvalue weighted by atomic mass is 16.4. The first-order valence-electron chi connectivity index (χ1n) is 8.40. The Morgan fingerprint density at radius 2 is 1.69 bits per heavy atom. The standard InChI is InChI=1S/C21H20N2O3/c1-13-6-5-7-14(2)16(13)12-19(21(25)26)23-20(24)18-11-10-15-8-3-4-9-17(15)22-18/h3-11,19H,12H2,1-2H3,(H,23,24)(H,25,26)/t19-/m1/s1. The lowest BCUT2D eigenvalue weighted by molar-refractivity contribution is -0.139. The van der Waals surface area contributed by atoms with E-state index in [2.05, 4.69) is 10.3 Å². The monoisotopic (exact) mass is 348 g/mol. The quantitative estimate of drug-likeness (QED) is 0.742. The van der Waals surface area contributed by atoms with Gasteiger partial charge in [0.25, 0.3) is 5.91 Å². The maximum atomic E-state index is 12.5. The van der Waals surface area contributed by atoms with Crippen molar-refractivity contribution in [3.05, 3.63) is 77.0 Å². The number of carbonyl (C=O) groups is 2. The van der Waals surface area contributed by atoms with E-state index in [0.29, 0.717) is 5.52 Å². The SMILES string of the molecule is Cc1cccc(C)c1C[C@@H](NC(=O)c1ccc2ccccc2n1)C(=O)O. The number of pyridine rings is 1. The van der Waals surface area contributed by atoms with Crippen LogP contribution in [0.5, 0.6) is 0 Å². The first kappa shape index (κ1) is 17.6. The Balaban J connectivity index is 1.83. The maximum Gasteiger partial charge on any atom is 0.326 e. The van der Waals surface area contributed by atoms with Crippen molar-refractivity contribution in [2.24, 2.45) is 0 Å². The lowest BCUT2D eigenvalue weighted by Crippen LogP contribution is -2.42. The van der Waals surface area contributed by atoms with E-state index in [1.165, 1.54) is 0 Å². The van der Waals surface area contributed by atoms with Crippen LogP contribution in [0.1, 0.15) is 27.2 Å². The molecule has 5 nitrogen and oxygen atoms in total. The van der Waals surface area contributed by atoms with Gasteiger partial charge < -0.3 is 10.4 Å². The molecule has 2 N–H and O–H groups in total. The van der Waals surface area contributed by atoms with Crippen LogP contribution < -0.4 is 5.32 Å². The Hall–Kier alpha value is -3.21. The molecule has 0 bridgehead atoms. The number of aryl methyl sites for hydroxylation is 2. The van der Waals surface area contributed by atoms with Gasteiger partial charge in [0.2, 0.25) is 0 Å². The zero-order valence-corrected chi connectivity index (χ0v) is 14.7. The molecule has 1 aromatic heterocycles. The van der Waals surface area contributed by atoms with Crippen LogP contribution in [-0.2, 0) is 11.2 Å². The molecule has 0 unspecified atom stereocenters. The molecular weight excluding hydrogens is 328 g/mol. The van der Waals surface area contributed by atoms with Gasteiger partial charge >= 0.3 is 5.97 Å². The summed E-state index contributed by atoms with van der Waals surface area (Å²) >= 11 is 0. The second-order valence-electron chi connectivity index (χ2n) is 6.33. The van der Waals surface area contributed by atoms with Gasteiger partial charge in [-0.25, -0.2) is 9.78 Å². The second-order valence-corrected chi connectivity index (χ2v) is 6.33. The Morgan fingerprint density at radius 1 is 1.00 bits per heavy atom. The Morgan fingerprint density at radius 3 is 2.38 bits per heavy atom. The number of carbonyl (C=O) groups excluding carboxylic acids is 1. The number of amides is 1. The zero-order valence-electron chi connectivity index (χ0n) is 14.7. The molecule has 0 aliphatic carbocycles. The fraction of sp³-hybridized carbons (Fsp3) is 0.190. The third-order valence-electron chi connectivity index (χ3n) is 4.49. The van der Waals surface area contributed by atoms with E-state index >= 15 is 0 Å². The van der Waals surface area contributed by atoms with Gasteiger partial charge in [-0.15, -0.1) is 0 Å². The number of aliphatic carboxylic acids is 1. The zero-order chi connectivity index (χ0) is 18.7. The normalized spacial score (nSPS) is 11.9. The van der Waals surface area contributed by atoms with Gasteiger partial charge in [-0.1, -0.05) is 42.5 Å². The molecule has 0 saturated carbocycles. The molecule has 3 rings (SSSR count). The first-order valence-corrected chi connectivity index (χ1v) is 8.40. The van der Waals surface area contributed by atoms with Crippen LogP contribution in [0.25, 0.3) is 10.9 Å². The highest BCUT2D eigenvalue weighted by Gasteiger charge is 2.23. The van der Waals surface area contributed by atoms with Crippen molar-refractivity contribution < 1.29 is 14.7 Å². The van der Waals surface area contributed by atoms with Crippen LogP contribution in [0, 0.1) is 13.8 Å². The number of carboxylic acid groups (broad SMARTS) is 1. The van der Waals surface area contributed by atoms with E-state index < -0.39 is 17.9 Å². The van der Waals surface area contributed by atoms with E-state index in [9.17, 15) is 14.7 Å². The van der Waals surface area contributed by atoms with Crippen LogP contribution in [0.3, 0.4) is 0 Å². The van der Waals surface area contributed by atoms with Gasteiger partial charge in [-0.3, -0.25) is 4.79 Å². The average Bonchev–Trinajstić information content (AvgIpc) is 2.63. The van der Waals surface area contributed by atoms with Crippen molar-refractivity contribution in [1.82, 2.24) is 10.3 Å². The van der Waals surface area contributed by atoms with Gasteiger partial charge in [-0.05, 0) is 42.7 Å². The number of para-hydroxylation sites is 1. The van der Waals surface area contributed by atoms with E-state index in [1.807, 2.05) is 56.3 Å². The topological polar surface area (TPSA) is 79.3 Å². The van der Waals surface area contributed by atoms with Gasteiger partial charge in [0, 0.05) is 11.8 Å². The summed E-state index contributed by atoms with van der Waals surface area (Å²) in [6, 6.07) is 15.7. The predicted molar refractivity (Wildman–Crippen MR) is 100 cm³/mol.